The van der Waals surface area contributed by atoms with E-state index in [1.165, 1.54) is 10.9 Å². The van der Waals surface area contributed by atoms with E-state index in [1.807, 2.05) is 0 Å². The highest BCUT2D eigenvalue weighted by molar-refractivity contribution is 5.00. The van der Waals surface area contributed by atoms with Crippen LogP contribution in [0.4, 0.5) is 13.2 Å². The molecule has 4 nitrogen and oxygen atoms in total. The average Bonchev–Trinajstić information content (AvgIpc) is 2.46. The summed E-state index contributed by atoms with van der Waals surface area (Å²) in [5.74, 6) is 0. The van der Waals surface area contributed by atoms with Gasteiger partial charge >= 0.3 is 6.18 Å². The summed E-state index contributed by atoms with van der Waals surface area (Å²) in [4.78, 5) is 0. The molecule has 0 bridgehead atoms. The third-order valence-electron chi connectivity index (χ3n) is 1.87. The first-order chi connectivity index (χ1) is 6.40. The van der Waals surface area contributed by atoms with Crippen LogP contribution in [-0.2, 0) is 7.05 Å². The van der Waals surface area contributed by atoms with Crippen molar-refractivity contribution in [1.29, 1.82) is 0 Å². The lowest BCUT2D eigenvalue weighted by molar-refractivity contribution is -0.136. The maximum absolute atomic E-state index is 11.9. The van der Waals surface area contributed by atoms with Crippen molar-refractivity contribution in [3.8, 4) is 0 Å². The number of aryl methyl sites for hydroxylation is 1. The molecule has 1 rings (SSSR count). The maximum Gasteiger partial charge on any atom is 0.389 e. The molecule has 0 aliphatic carbocycles. The van der Waals surface area contributed by atoms with Crippen molar-refractivity contribution in [3.63, 3.8) is 0 Å². The van der Waals surface area contributed by atoms with Gasteiger partial charge in [-0.05, 0) is 6.42 Å². The molecule has 1 heterocycles. The SMILES string of the molecule is Cn1nncc1C(N)CCC(F)(F)F. The van der Waals surface area contributed by atoms with Gasteiger partial charge < -0.3 is 5.73 Å². The Labute approximate surface area is 78.9 Å². The van der Waals surface area contributed by atoms with Crippen molar-refractivity contribution in [2.45, 2.75) is 25.1 Å². The summed E-state index contributed by atoms with van der Waals surface area (Å²) in [5, 5.41) is 7.13. The minimum absolute atomic E-state index is 0.148. The van der Waals surface area contributed by atoms with E-state index in [-0.39, 0.29) is 6.42 Å². The molecule has 0 amide bonds. The highest BCUT2D eigenvalue weighted by atomic mass is 19.4. The van der Waals surface area contributed by atoms with Crippen molar-refractivity contribution in [1.82, 2.24) is 15.0 Å². The van der Waals surface area contributed by atoms with Crippen LogP contribution in [0.3, 0.4) is 0 Å². The van der Waals surface area contributed by atoms with Gasteiger partial charge in [0.25, 0.3) is 0 Å². The third-order valence-corrected chi connectivity index (χ3v) is 1.87. The molecule has 0 radical (unpaired) electrons. The molecule has 1 atom stereocenters. The van der Waals surface area contributed by atoms with Crippen LogP contribution in [0.25, 0.3) is 0 Å². The molecular weight excluding hydrogens is 197 g/mol. The van der Waals surface area contributed by atoms with Crippen LogP contribution >= 0.6 is 0 Å². The molecule has 0 aromatic carbocycles. The summed E-state index contributed by atoms with van der Waals surface area (Å²) < 4.78 is 37.0. The fourth-order valence-electron chi connectivity index (χ4n) is 1.10. The second-order valence-corrected chi connectivity index (χ2v) is 3.04. The molecule has 2 N–H and O–H groups in total. The predicted molar refractivity (Wildman–Crippen MR) is 43.2 cm³/mol. The fraction of sp³-hybridized carbons (Fsp3) is 0.714. The lowest BCUT2D eigenvalue weighted by Crippen LogP contribution is -2.18. The van der Waals surface area contributed by atoms with E-state index < -0.39 is 18.6 Å². The molecule has 1 aromatic rings. The van der Waals surface area contributed by atoms with Gasteiger partial charge in [0.15, 0.2) is 0 Å². The fourth-order valence-corrected chi connectivity index (χ4v) is 1.10. The number of aromatic nitrogens is 3. The van der Waals surface area contributed by atoms with E-state index >= 15 is 0 Å². The maximum atomic E-state index is 11.9. The van der Waals surface area contributed by atoms with Crippen molar-refractivity contribution in [2.75, 3.05) is 0 Å². The van der Waals surface area contributed by atoms with Crippen molar-refractivity contribution < 1.29 is 13.2 Å². The highest BCUT2D eigenvalue weighted by Gasteiger charge is 2.28. The summed E-state index contributed by atoms with van der Waals surface area (Å²) in [6, 6.07) is -0.670. The molecular formula is C7H11F3N4. The third kappa shape index (κ3) is 2.99. The van der Waals surface area contributed by atoms with Gasteiger partial charge in [-0.15, -0.1) is 5.10 Å². The molecule has 0 spiro atoms. The van der Waals surface area contributed by atoms with Crippen LogP contribution in [0.2, 0.25) is 0 Å². The first kappa shape index (κ1) is 11.0. The lowest BCUT2D eigenvalue weighted by atomic mass is 10.1. The van der Waals surface area contributed by atoms with Gasteiger partial charge in [0.05, 0.1) is 11.9 Å². The van der Waals surface area contributed by atoms with Crippen molar-refractivity contribution in [2.24, 2.45) is 12.8 Å². The van der Waals surface area contributed by atoms with Gasteiger partial charge in [0, 0.05) is 19.5 Å². The monoisotopic (exact) mass is 208 g/mol. The molecule has 0 aliphatic rings. The first-order valence-electron chi connectivity index (χ1n) is 4.07. The number of alkyl halides is 3. The Balaban J connectivity index is 2.51. The first-order valence-corrected chi connectivity index (χ1v) is 4.07. The van der Waals surface area contributed by atoms with Gasteiger partial charge in [-0.1, -0.05) is 5.21 Å². The largest absolute Gasteiger partial charge is 0.389 e. The number of hydrogen-bond acceptors (Lipinski definition) is 3. The summed E-state index contributed by atoms with van der Waals surface area (Å²) in [5.41, 5.74) is 6.06. The standard InChI is InChI=1S/C7H11F3N4/c1-14-6(4-12-13-14)5(11)2-3-7(8,9)10/h4-5H,2-3,11H2,1H3. The predicted octanol–water partition coefficient (Wildman–Crippen LogP) is 1.16. The summed E-state index contributed by atoms with van der Waals surface area (Å²) >= 11 is 0. The number of nitrogens with zero attached hydrogens (tertiary/aromatic N) is 3. The van der Waals surface area contributed by atoms with Crippen LogP contribution in [0.1, 0.15) is 24.6 Å². The van der Waals surface area contributed by atoms with Crippen LogP contribution in [0.5, 0.6) is 0 Å². The number of halogens is 3. The average molecular weight is 208 g/mol. The minimum Gasteiger partial charge on any atom is -0.323 e. The normalized spacial score (nSPS) is 14.4. The van der Waals surface area contributed by atoms with E-state index in [2.05, 4.69) is 10.3 Å². The van der Waals surface area contributed by atoms with Crippen LogP contribution < -0.4 is 5.73 Å². The molecule has 7 heteroatoms. The quantitative estimate of drug-likeness (QED) is 0.810. The second kappa shape index (κ2) is 3.95. The van der Waals surface area contributed by atoms with Crippen LogP contribution in [0, 0.1) is 0 Å². The Morgan fingerprint density at radius 3 is 2.64 bits per heavy atom. The Morgan fingerprint density at radius 1 is 1.57 bits per heavy atom. The Hall–Kier alpha value is -1.11. The van der Waals surface area contributed by atoms with E-state index in [0.717, 1.165) is 0 Å². The summed E-state index contributed by atoms with van der Waals surface area (Å²) in [7, 11) is 1.59. The molecule has 80 valence electrons. The number of rotatable bonds is 3. The van der Waals surface area contributed by atoms with Gasteiger partial charge in [0.1, 0.15) is 0 Å². The molecule has 1 unspecified atom stereocenters. The minimum atomic E-state index is -4.16. The number of hydrogen-bond donors (Lipinski definition) is 1. The molecule has 0 aliphatic heterocycles. The van der Waals surface area contributed by atoms with Gasteiger partial charge in [-0.25, -0.2) is 0 Å². The molecule has 0 saturated heterocycles. The summed E-state index contributed by atoms with van der Waals surface area (Å²) in [6.45, 7) is 0. The molecule has 0 saturated carbocycles. The molecule has 1 aromatic heterocycles. The Kier molecular flexibility index (Phi) is 3.10. The lowest BCUT2D eigenvalue weighted by Gasteiger charge is -2.12. The zero-order valence-electron chi connectivity index (χ0n) is 7.62. The Bertz CT molecular complexity index is 293. The zero-order valence-corrected chi connectivity index (χ0v) is 7.62. The van der Waals surface area contributed by atoms with Crippen LogP contribution in [-0.4, -0.2) is 21.2 Å². The van der Waals surface area contributed by atoms with E-state index in [9.17, 15) is 13.2 Å². The topological polar surface area (TPSA) is 56.7 Å². The van der Waals surface area contributed by atoms with E-state index in [1.54, 1.807) is 7.05 Å². The smallest absolute Gasteiger partial charge is 0.323 e. The zero-order chi connectivity index (χ0) is 10.8. The van der Waals surface area contributed by atoms with Gasteiger partial charge in [0.2, 0.25) is 0 Å². The van der Waals surface area contributed by atoms with Crippen molar-refractivity contribution >= 4 is 0 Å². The van der Waals surface area contributed by atoms with Gasteiger partial charge in [-0.2, -0.15) is 13.2 Å². The highest BCUT2D eigenvalue weighted by Crippen LogP contribution is 2.25. The van der Waals surface area contributed by atoms with Gasteiger partial charge in [-0.3, -0.25) is 4.68 Å². The van der Waals surface area contributed by atoms with E-state index in [0.29, 0.717) is 5.69 Å². The van der Waals surface area contributed by atoms with Crippen molar-refractivity contribution in [3.05, 3.63) is 11.9 Å². The van der Waals surface area contributed by atoms with Crippen LogP contribution in [0.15, 0.2) is 6.20 Å². The molecule has 14 heavy (non-hydrogen) atoms. The molecule has 0 fully saturated rings. The number of nitrogens with two attached hydrogens (primary N) is 1. The summed E-state index contributed by atoms with van der Waals surface area (Å²) in [6.07, 6.45) is -3.82. The van der Waals surface area contributed by atoms with E-state index in [4.69, 9.17) is 5.73 Å². The Morgan fingerprint density at radius 2 is 2.21 bits per heavy atom. The second-order valence-electron chi connectivity index (χ2n) is 3.04.